The number of rotatable bonds is 1. The maximum atomic E-state index is 10.8. The monoisotopic (exact) mass is 192 g/mol. The number of aliphatic carboxylic acids is 1. The highest BCUT2D eigenvalue weighted by Gasteiger charge is 2.24. The summed E-state index contributed by atoms with van der Waals surface area (Å²) in [7, 11) is 0. The minimum atomic E-state index is -0.807. The van der Waals surface area contributed by atoms with Crippen LogP contribution < -0.4 is 11.1 Å². The first-order chi connectivity index (χ1) is 6.68. The highest BCUT2D eigenvalue weighted by Crippen LogP contribution is 2.22. The fraction of sp³-hybridized carbons (Fsp3) is 0.300. The van der Waals surface area contributed by atoms with Gasteiger partial charge in [0.05, 0.1) is 0 Å². The number of carbonyl (C=O) groups is 1. The Labute approximate surface area is 81.7 Å². The molecule has 14 heavy (non-hydrogen) atoms. The zero-order valence-corrected chi connectivity index (χ0v) is 7.66. The Kier molecular flexibility index (Phi) is 2.13. The van der Waals surface area contributed by atoms with Crippen molar-refractivity contribution in [3.63, 3.8) is 0 Å². The Morgan fingerprint density at radius 2 is 2.36 bits per heavy atom. The molecule has 1 aliphatic rings. The number of hydrogen-bond acceptors (Lipinski definition) is 3. The first-order valence-electron chi connectivity index (χ1n) is 4.51. The van der Waals surface area contributed by atoms with Gasteiger partial charge in [-0.25, -0.2) is 0 Å². The van der Waals surface area contributed by atoms with Crippen molar-refractivity contribution in [2.45, 2.75) is 19.0 Å². The number of carboxylic acids is 1. The lowest BCUT2D eigenvalue weighted by Crippen LogP contribution is -2.41. The fourth-order valence-corrected chi connectivity index (χ4v) is 1.75. The highest BCUT2D eigenvalue weighted by molar-refractivity contribution is 5.74. The van der Waals surface area contributed by atoms with Crippen molar-refractivity contribution in [2.24, 2.45) is 0 Å². The molecule has 0 bridgehead atoms. The van der Waals surface area contributed by atoms with Crippen LogP contribution in [0.1, 0.15) is 11.1 Å². The summed E-state index contributed by atoms with van der Waals surface area (Å²) in [6.45, 7) is 0.541. The van der Waals surface area contributed by atoms with E-state index in [1.54, 1.807) is 0 Å². The Hall–Kier alpha value is -1.55. The molecule has 1 atom stereocenters. The number of carboxylic acid groups (broad SMARTS) is 1. The van der Waals surface area contributed by atoms with Crippen LogP contribution in [0.4, 0.5) is 5.69 Å². The molecule has 1 heterocycles. The van der Waals surface area contributed by atoms with Crippen LogP contribution in [0.15, 0.2) is 18.2 Å². The van der Waals surface area contributed by atoms with Gasteiger partial charge in [0.2, 0.25) is 0 Å². The second-order valence-corrected chi connectivity index (χ2v) is 3.46. The zero-order chi connectivity index (χ0) is 10.1. The van der Waals surface area contributed by atoms with Crippen molar-refractivity contribution in [2.75, 3.05) is 5.73 Å². The van der Waals surface area contributed by atoms with Gasteiger partial charge in [-0.05, 0) is 23.6 Å². The van der Waals surface area contributed by atoms with Crippen LogP contribution in [0, 0.1) is 0 Å². The minimum absolute atomic E-state index is 0.482. The summed E-state index contributed by atoms with van der Waals surface area (Å²) >= 11 is 0. The van der Waals surface area contributed by atoms with Gasteiger partial charge in [0.25, 0.3) is 0 Å². The molecular weight excluding hydrogens is 180 g/mol. The van der Waals surface area contributed by atoms with Crippen molar-refractivity contribution >= 4 is 11.7 Å². The number of hydrogen-bond donors (Lipinski definition) is 3. The number of nitrogens with one attached hydrogen (secondary N) is 1. The summed E-state index contributed by atoms with van der Waals surface area (Å²) in [5, 5.41) is 11.8. The molecule has 0 aromatic heterocycles. The molecule has 0 radical (unpaired) electrons. The predicted octanol–water partition coefficient (Wildman–Crippen LogP) is 0.368. The van der Waals surface area contributed by atoms with E-state index in [0.717, 1.165) is 16.8 Å². The molecule has 74 valence electrons. The van der Waals surface area contributed by atoms with Gasteiger partial charge in [-0.3, -0.25) is 10.1 Å². The predicted molar refractivity (Wildman–Crippen MR) is 52.8 cm³/mol. The molecule has 1 aliphatic heterocycles. The van der Waals surface area contributed by atoms with E-state index in [0.29, 0.717) is 13.0 Å². The summed E-state index contributed by atoms with van der Waals surface area (Å²) in [5.74, 6) is -0.807. The van der Waals surface area contributed by atoms with Crippen molar-refractivity contribution in [1.82, 2.24) is 5.32 Å². The van der Waals surface area contributed by atoms with E-state index in [2.05, 4.69) is 5.32 Å². The maximum Gasteiger partial charge on any atom is 0.321 e. The zero-order valence-electron chi connectivity index (χ0n) is 7.66. The van der Waals surface area contributed by atoms with Gasteiger partial charge < -0.3 is 10.8 Å². The van der Waals surface area contributed by atoms with Crippen LogP contribution in [0.2, 0.25) is 0 Å². The fourth-order valence-electron chi connectivity index (χ4n) is 1.75. The van der Waals surface area contributed by atoms with Crippen LogP contribution in [0.3, 0.4) is 0 Å². The molecule has 0 fully saturated rings. The Balaban J connectivity index is 2.31. The summed E-state index contributed by atoms with van der Waals surface area (Å²) in [6.07, 6.45) is 0.510. The van der Waals surface area contributed by atoms with E-state index in [1.807, 2.05) is 18.2 Å². The number of anilines is 1. The molecule has 0 aliphatic carbocycles. The lowest BCUT2D eigenvalue weighted by molar-refractivity contribution is -0.139. The molecule has 4 nitrogen and oxygen atoms in total. The Morgan fingerprint density at radius 3 is 3.07 bits per heavy atom. The second kappa shape index (κ2) is 3.31. The van der Waals surface area contributed by atoms with Crippen molar-refractivity contribution < 1.29 is 9.90 Å². The van der Waals surface area contributed by atoms with Crippen LogP contribution in [0.5, 0.6) is 0 Å². The van der Waals surface area contributed by atoms with E-state index in [1.165, 1.54) is 0 Å². The lowest BCUT2D eigenvalue weighted by Gasteiger charge is -2.24. The lowest BCUT2D eigenvalue weighted by atomic mass is 9.95. The van der Waals surface area contributed by atoms with Gasteiger partial charge in [-0.15, -0.1) is 0 Å². The normalized spacial score (nSPS) is 20.1. The quantitative estimate of drug-likeness (QED) is 0.562. The smallest absolute Gasteiger partial charge is 0.321 e. The Morgan fingerprint density at radius 1 is 1.57 bits per heavy atom. The van der Waals surface area contributed by atoms with Gasteiger partial charge in [0.15, 0.2) is 0 Å². The maximum absolute atomic E-state index is 10.8. The summed E-state index contributed by atoms with van der Waals surface area (Å²) < 4.78 is 0. The molecule has 1 unspecified atom stereocenters. The molecule has 4 N–H and O–H groups in total. The van der Waals surface area contributed by atoms with E-state index >= 15 is 0 Å². The standard InChI is InChI=1S/C10H12N2O2/c11-8-3-1-2-6-4-9(10(13)14)12-5-7(6)8/h1-3,9,12H,4-5,11H2,(H,13,14). The molecule has 2 rings (SSSR count). The highest BCUT2D eigenvalue weighted by atomic mass is 16.4. The first-order valence-corrected chi connectivity index (χ1v) is 4.51. The molecule has 0 saturated heterocycles. The van der Waals surface area contributed by atoms with Gasteiger partial charge in [0.1, 0.15) is 6.04 Å². The minimum Gasteiger partial charge on any atom is -0.480 e. The van der Waals surface area contributed by atoms with Gasteiger partial charge in [0, 0.05) is 12.2 Å². The van der Waals surface area contributed by atoms with Crippen LogP contribution in [0.25, 0.3) is 0 Å². The first kappa shape index (κ1) is 9.02. The van der Waals surface area contributed by atoms with Crippen molar-refractivity contribution in [3.8, 4) is 0 Å². The van der Waals surface area contributed by atoms with Gasteiger partial charge >= 0.3 is 5.97 Å². The van der Waals surface area contributed by atoms with E-state index in [9.17, 15) is 4.79 Å². The average Bonchev–Trinajstić information content (AvgIpc) is 2.17. The number of nitrogen functional groups attached to an aromatic ring is 1. The van der Waals surface area contributed by atoms with E-state index < -0.39 is 12.0 Å². The SMILES string of the molecule is Nc1cccc2c1CNC(C(=O)O)C2. The molecule has 1 aromatic rings. The van der Waals surface area contributed by atoms with Crippen LogP contribution in [-0.2, 0) is 17.8 Å². The second-order valence-electron chi connectivity index (χ2n) is 3.46. The van der Waals surface area contributed by atoms with Crippen molar-refractivity contribution in [3.05, 3.63) is 29.3 Å². The van der Waals surface area contributed by atoms with Crippen LogP contribution in [-0.4, -0.2) is 17.1 Å². The Bertz CT molecular complexity index is 376. The van der Waals surface area contributed by atoms with E-state index in [-0.39, 0.29) is 0 Å². The topological polar surface area (TPSA) is 75.3 Å². The molecule has 1 aromatic carbocycles. The number of fused-ring (bicyclic) bond motifs is 1. The molecule has 4 heteroatoms. The third kappa shape index (κ3) is 1.44. The average molecular weight is 192 g/mol. The van der Waals surface area contributed by atoms with E-state index in [4.69, 9.17) is 10.8 Å². The van der Waals surface area contributed by atoms with Gasteiger partial charge in [-0.1, -0.05) is 12.1 Å². The van der Waals surface area contributed by atoms with Crippen molar-refractivity contribution in [1.29, 1.82) is 0 Å². The summed E-state index contributed by atoms with van der Waals surface area (Å²) in [5.41, 5.74) is 8.58. The summed E-state index contributed by atoms with van der Waals surface area (Å²) in [4.78, 5) is 10.8. The third-order valence-electron chi connectivity index (χ3n) is 2.56. The molecule has 0 amide bonds. The number of nitrogens with two attached hydrogens (primary N) is 1. The van der Waals surface area contributed by atoms with Gasteiger partial charge in [-0.2, -0.15) is 0 Å². The summed E-state index contributed by atoms with van der Waals surface area (Å²) in [6, 6.07) is 5.15. The third-order valence-corrected chi connectivity index (χ3v) is 2.56. The van der Waals surface area contributed by atoms with Crippen LogP contribution >= 0.6 is 0 Å². The molecule has 0 saturated carbocycles. The largest absolute Gasteiger partial charge is 0.480 e. The molecule has 0 spiro atoms. The number of benzene rings is 1. The molecular formula is C10H12N2O2.